The van der Waals surface area contributed by atoms with Gasteiger partial charge in [0.1, 0.15) is 5.75 Å². The van der Waals surface area contributed by atoms with E-state index in [1.807, 2.05) is 30.3 Å². The first kappa shape index (κ1) is 14.1. The van der Waals surface area contributed by atoms with E-state index in [-0.39, 0.29) is 5.56 Å². The van der Waals surface area contributed by atoms with Gasteiger partial charge in [0.05, 0.1) is 12.7 Å². The summed E-state index contributed by atoms with van der Waals surface area (Å²) in [6.45, 7) is 2.05. The van der Waals surface area contributed by atoms with Gasteiger partial charge in [-0.1, -0.05) is 36.4 Å². The molecule has 0 aromatic heterocycles. The maximum atomic E-state index is 11.6. The number of rotatable bonds is 3. The van der Waals surface area contributed by atoms with Crippen LogP contribution in [-0.4, -0.2) is 18.2 Å². The second kappa shape index (κ2) is 5.53. The molecule has 0 radical (unpaired) electrons. The lowest BCUT2D eigenvalue weighted by atomic mass is 9.92. The monoisotopic (exact) mass is 292 g/mol. The molecule has 0 fully saturated rings. The van der Waals surface area contributed by atoms with Gasteiger partial charge in [-0.2, -0.15) is 0 Å². The van der Waals surface area contributed by atoms with Gasteiger partial charge >= 0.3 is 5.97 Å². The molecule has 0 saturated heterocycles. The molecule has 0 amide bonds. The number of aryl methyl sites for hydroxylation is 1. The summed E-state index contributed by atoms with van der Waals surface area (Å²) < 4.78 is 5.14. The molecule has 0 heterocycles. The number of carboxylic acids is 1. The Balaban J connectivity index is 2.33. The molecule has 0 atom stereocenters. The molecule has 3 aromatic rings. The van der Waals surface area contributed by atoms with Crippen molar-refractivity contribution in [3.05, 3.63) is 65.7 Å². The third-order valence-electron chi connectivity index (χ3n) is 3.89. The topological polar surface area (TPSA) is 46.5 Å². The van der Waals surface area contributed by atoms with Crippen molar-refractivity contribution in [3.63, 3.8) is 0 Å². The van der Waals surface area contributed by atoms with E-state index >= 15 is 0 Å². The van der Waals surface area contributed by atoms with Gasteiger partial charge in [-0.05, 0) is 52.6 Å². The Morgan fingerprint density at radius 1 is 0.955 bits per heavy atom. The predicted octanol–water partition coefficient (Wildman–Crippen LogP) is 4.52. The average Bonchev–Trinajstić information content (AvgIpc) is 2.55. The highest BCUT2D eigenvalue weighted by Crippen LogP contribution is 2.34. The van der Waals surface area contributed by atoms with Crippen LogP contribution < -0.4 is 4.74 Å². The Hall–Kier alpha value is -2.81. The van der Waals surface area contributed by atoms with Crippen molar-refractivity contribution >= 4 is 16.7 Å². The predicted molar refractivity (Wildman–Crippen MR) is 87.6 cm³/mol. The van der Waals surface area contributed by atoms with Crippen molar-refractivity contribution in [1.82, 2.24) is 0 Å². The summed E-state index contributed by atoms with van der Waals surface area (Å²) in [5, 5.41) is 11.7. The van der Waals surface area contributed by atoms with E-state index < -0.39 is 5.97 Å². The van der Waals surface area contributed by atoms with E-state index in [1.54, 1.807) is 18.2 Å². The highest BCUT2D eigenvalue weighted by Gasteiger charge is 2.15. The first-order valence-corrected chi connectivity index (χ1v) is 7.02. The van der Waals surface area contributed by atoms with Crippen molar-refractivity contribution in [2.75, 3.05) is 7.11 Å². The average molecular weight is 292 g/mol. The van der Waals surface area contributed by atoms with Gasteiger partial charge in [0, 0.05) is 0 Å². The number of hydrogen-bond donors (Lipinski definition) is 1. The van der Waals surface area contributed by atoms with Crippen LogP contribution in [0.3, 0.4) is 0 Å². The number of fused-ring (bicyclic) bond motifs is 1. The van der Waals surface area contributed by atoms with Gasteiger partial charge in [-0.25, -0.2) is 4.79 Å². The van der Waals surface area contributed by atoms with Crippen LogP contribution in [0.4, 0.5) is 0 Å². The van der Waals surface area contributed by atoms with E-state index in [0.717, 1.165) is 16.3 Å². The summed E-state index contributed by atoms with van der Waals surface area (Å²) >= 11 is 0. The van der Waals surface area contributed by atoms with Crippen LogP contribution >= 0.6 is 0 Å². The molecule has 1 N–H and O–H groups in total. The van der Waals surface area contributed by atoms with Crippen molar-refractivity contribution in [3.8, 4) is 16.9 Å². The van der Waals surface area contributed by atoms with Gasteiger partial charge in [-0.3, -0.25) is 0 Å². The second-order valence-electron chi connectivity index (χ2n) is 5.19. The van der Waals surface area contributed by atoms with Crippen LogP contribution in [0.1, 0.15) is 15.9 Å². The largest absolute Gasteiger partial charge is 0.497 e. The minimum atomic E-state index is -0.960. The molecule has 3 aromatic carbocycles. The first-order valence-electron chi connectivity index (χ1n) is 7.02. The summed E-state index contributed by atoms with van der Waals surface area (Å²) in [6.07, 6.45) is 0. The fourth-order valence-electron chi connectivity index (χ4n) is 2.75. The normalized spacial score (nSPS) is 10.6. The Morgan fingerprint density at radius 2 is 1.64 bits per heavy atom. The Kier molecular flexibility index (Phi) is 3.55. The van der Waals surface area contributed by atoms with Gasteiger partial charge in [-0.15, -0.1) is 0 Å². The maximum Gasteiger partial charge on any atom is 0.336 e. The Bertz CT molecular complexity index is 866. The zero-order valence-corrected chi connectivity index (χ0v) is 12.5. The number of aromatic carboxylic acids is 1. The van der Waals surface area contributed by atoms with Crippen LogP contribution in [0.2, 0.25) is 0 Å². The van der Waals surface area contributed by atoms with Crippen LogP contribution in [-0.2, 0) is 0 Å². The number of ether oxygens (including phenoxy) is 1. The fourth-order valence-corrected chi connectivity index (χ4v) is 2.75. The van der Waals surface area contributed by atoms with Gasteiger partial charge in [0.25, 0.3) is 0 Å². The SMILES string of the molecule is COc1ccc(-c2ccc(C)c3ccccc23)c(C(=O)O)c1. The molecular formula is C19H16O3. The molecule has 22 heavy (non-hydrogen) atoms. The minimum absolute atomic E-state index is 0.244. The summed E-state index contributed by atoms with van der Waals surface area (Å²) in [5.41, 5.74) is 3.03. The molecule has 0 bridgehead atoms. The number of benzene rings is 3. The van der Waals surface area contributed by atoms with Crippen LogP contribution in [0.15, 0.2) is 54.6 Å². The van der Waals surface area contributed by atoms with Crippen molar-refractivity contribution < 1.29 is 14.6 Å². The first-order chi connectivity index (χ1) is 10.6. The zero-order chi connectivity index (χ0) is 15.7. The number of carbonyl (C=O) groups is 1. The summed E-state index contributed by atoms with van der Waals surface area (Å²) in [4.78, 5) is 11.6. The molecule has 110 valence electrons. The smallest absolute Gasteiger partial charge is 0.336 e. The molecule has 0 saturated carbocycles. The van der Waals surface area contributed by atoms with Crippen molar-refractivity contribution in [2.45, 2.75) is 6.92 Å². The highest BCUT2D eigenvalue weighted by molar-refractivity contribution is 6.04. The minimum Gasteiger partial charge on any atom is -0.497 e. The van der Waals surface area contributed by atoms with E-state index in [4.69, 9.17) is 4.74 Å². The molecule has 0 unspecified atom stereocenters. The highest BCUT2D eigenvalue weighted by atomic mass is 16.5. The zero-order valence-electron chi connectivity index (χ0n) is 12.5. The van der Waals surface area contributed by atoms with Gasteiger partial charge < -0.3 is 9.84 Å². The lowest BCUT2D eigenvalue weighted by molar-refractivity contribution is 0.0697. The van der Waals surface area contributed by atoms with Gasteiger partial charge in [0.15, 0.2) is 0 Å². The second-order valence-corrected chi connectivity index (χ2v) is 5.19. The molecule has 0 aliphatic heterocycles. The third-order valence-corrected chi connectivity index (χ3v) is 3.89. The lowest BCUT2D eigenvalue weighted by Crippen LogP contribution is -2.01. The molecule has 3 nitrogen and oxygen atoms in total. The van der Waals surface area contributed by atoms with Crippen LogP contribution in [0.5, 0.6) is 5.75 Å². The van der Waals surface area contributed by atoms with Crippen molar-refractivity contribution in [1.29, 1.82) is 0 Å². The number of hydrogen-bond acceptors (Lipinski definition) is 2. The van der Waals surface area contributed by atoms with Gasteiger partial charge in [0.2, 0.25) is 0 Å². The summed E-state index contributed by atoms with van der Waals surface area (Å²) in [7, 11) is 1.53. The maximum absolute atomic E-state index is 11.6. The summed E-state index contributed by atoms with van der Waals surface area (Å²) in [6, 6.07) is 17.2. The molecule has 0 aliphatic carbocycles. The van der Waals surface area contributed by atoms with E-state index in [0.29, 0.717) is 11.3 Å². The molecule has 0 aliphatic rings. The quantitative estimate of drug-likeness (QED) is 0.772. The molecule has 3 rings (SSSR count). The lowest BCUT2D eigenvalue weighted by Gasteiger charge is -2.12. The molecule has 3 heteroatoms. The number of methoxy groups -OCH3 is 1. The Morgan fingerprint density at radius 3 is 2.32 bits per heavy atom. The van der Waals surface area contributed by atoms with E-state index in [2.05, 4.69) is 13.0 Å². The van der Waals surface area contributed by atoms with Crippen LogP contribution in [0.25, 0.3) is 21.9 Å². The van der Waals surface area contributed by atoms with E-state index in [9.17, 15) is 9.90 Å². The number of carboxylic acid groups (broad SMARTS) is 1. The standard InChI is InChI=1S/C19H16O3/c1-12-7-9-16(15-6-4-3-5-14(12)15)17-10-8-13(22-2)11-18(17)19(20)21/h3-11H,1-2H3,(H,20,21). The Labute approximate surface area is 128 Å². The molecule has 0 spiro atoms. The fraction of sp³-hybridized carbons (Fsp3) is 0.105. The van der Waals surface area contributed by atoms with Crippen molar-refractivity contribution in [2.24, 2.45) is 0 Å². The van der Waals surface area contributed by atoms with E-state index in [1.165, 1.54) is 12.7 Å². The summed E-state index contributed by atoms with van der Waals surface area (Å²) in [5.74, 6) is -0.420. The molecular weight excluding hydrogens is 276 g/mol. The van der Waals surface area contributed by atoms with Crippen LogP contribution in [0, 0.1) is 6.92 Å². The third kappa shape index (κ3) is 2.31.